The van der Waals surface area contributed by atoms with E-state index in [1.165, 1.54) is 12.1 Å². The molecule has 0 spiro atoms. The van der Waals surface area contributed by atoms with E-state index in [-0.39, 0.29) is 10.6 Å². The van der Waals surface area contributed by atoms with Gasteiger partial charge in [0.2, 0.25) is 3.79 Å². The lowest BCUT2D eigenvalue weighted by Gasteiger charge is -2.24. The van der Waals surface area contributed by atoms with Crippen LogP contribution in [0.3, 0.4) is 0 Å². The Kier molecular flexibility index (Phi) is 4.90. The van der Waals surface area contributed by atoms with Crippen molar-refractivity contribution in [3.05, 3.63) is 34.6 Å². The molecule has 0 bridgehead atoms. The Morgan fingerprint density at radius 1 is 1.41 bits per heavy atom. The van der Waals surface area contributed by atoms with Crippen LogP contribution in [-0.4, -0.2) is 9.76 Å². The number of alkyl halides is 3. The Hall–Kier alpha value is -0.220. The van der Waals surface area contributed by atoms with Crippen LogP contribution in [0.4, 0.5) is 4.39 Å². The first-order chi connectivity index (χ1) is 7.71. The predicted octanol–water partition coefficient (Wildman–Crippen LogP) is 4.45. The highest BCUT2D eigenvalue weighted by Gasteiger charge is 2.38. The molecule has 0 aliphatic carbocycles. The number of hydrogen-bond acceptors (Lipinski definition) is 2. The van der Waals surface area contributed by atoms with E-state index < -0.39 is 21.7 Å². The van der Waals surface area contributed by atoms with Gasteiger partial charge in [-0.05, 0) is 18.2 Å². The summed E-state index contributed by atoms with van der Waals surface area (Å²) in [6.45, 7) is 1.13. The van der Waals surface area contributed by atoms with E-state index >= 15 is 0 Å². The molecule has 2 nitrogen and oxygen atoms in total. The van der Waals surface area contributed by atoms with E-state index in [9.17, 15) is 9.18 Å². The van der Waals surface area contributed by atoms with Gasteiger partial charge in [-0.1, -0.05) is 46.4 Å². The lowest BCUT2D eigenvalue weighted by Crippen LogP contribution is -2.23. The van der Waals surface area contributed by atoms with Crippen molar-refractivity contribution in [1.29, 1.82) is 0 Å². The zero-order chi connectivity index (χ0) is 13.2. The maximum atomic E-state index is 13.6. The summed E-state index contributed by atoms with van der Waals surface area (Å²) >= 11 is 22.6. The molecule has 1 aromatic rings. The summed E-state index contributed by atoms with van der Waals surface area (Å²) in [4.78, 5) is 10.9. The molecule has 0 N–H and O–H groups in total. The summed E-state index contributed by atoms with van der Waals surface area (Å²) < 4.78 is 16.4. The minimum atomic E-state index is -1.99. The van der Waals surface area contributed by atoms with Gasteiger partial charge in [-0.2, -0.15) is 0 Å². The monoisotopic (exact) mass is 318 g/mol. The third kappa shape index (κ3) is 4.18. The molecule has 17 heavy (non-hydrogen) atoms. The smallest absolute Gasteiger partial charge is 0.303 e. The van der Waals surface area contributed by atoms with E-state index in [0.717, 1.165) is 13.0 Å². The highest BCUT2D eigenvalue weighted by Crippen LogP contribution is 2.43. The lowest BCUT2D eigenvalue weighted by molar-refractivity contribution is -0.146. The maximum absolute atomic E-state index is 13.6. The van der Waals surface area contributed by atoms with Crippen molar-refractivity contribution in [2.45, 2.75) is 16.8 Å². The number of ether oxygens (including phenoxy) is 1. The minimum Gasteiger partial charge on any atom is -0.453 e. The van der Waals surface area contributed by atoms with E-state index in [1.54, 1.807) is 0 Å². The summed E-state index contributed by atoms with van der Waals surface area (Å²) in [5.74, 6) is -1.37. The Morgan fingerprint density at radius 3 is 2.47 bits per heavy atom. The molecule has 0 radical (unpaired) electrons. The molecule has 0 saturated carbocycles. The fourth-order valence-electron chi connectivity index (χ4n) is 1.19. The zero-order valence-electron chi connectivity index (χ0n) is 8.52. The van der Waals surface area contributed by atoms with Crippen molar-refractivity contribution in [2.24, 2.45) is 0 Å². The second kappa shape index (κ2) is 5.61. The Balaban J connectivity index is 3.21. The Bertz CT molecular complexity index is 431. The van der Waals surface area contributed by atoms with Gasteiger partial charge in [-0.3, -0.25) is 4.79 Å². The van der Waals surface area contributed by atoms with Crippen molar-refractivity contribution >= 4 is 52.4 Å². The third-order valence-electron chi connectivity index (χ3n) is 1.82. The van der Waals surface area contributed by atoms with E-state index in [4.69, 9.17) is 51.1 Å². The SMILES string of the molecule is CC(=O)OC(c1cc(Cl)ccc1F)C(Cl)(Cl)Cl. The molecular formula is C10H7Cl4FO2. The minimum absolute atomic E-state index is 0.0901. The van der Waals surface area contributed by atoms with Crippen LogP contribution in [-0.2, 0) is 9.53 Å². The highest BCUT2D eigenvalue weighted by molar-refractivity contribution is 6.68. The van der Waals surface area contributed by atoms with Crippen LogP contribution in [0, 0.1) is 5.82 Å². The Morgan fingerprint density at radius 2 is 2.00 bits per heavy atom. The second-order valence-electron chi connectivity index (χ2n) is 3.20. The van der Waals surface area contributed by atoms with Crippen molar-refractivity contribution < 1.29 is 13.9 Å². The van der Waals surface area contributed by atoms with Crippen molar-refractivity contribution in [3.8, 4) is 0 Å². The molecule has 0 aliphatic heterocycles. The fraction of sp³-hybridized carbons (Fsp3) is 0.300. The maximum Gasteiger partial charge on any atom is 0.303 e. The number of esters is 1. The molecule has 7 heteroatoms. The summed E-state index contributed by atoms with van der Waals surface area (Å²) in [6.07, 6.45) is -1.36. The van der Waals surface area contributed by atoms with Gasteiger partial charge in [0, 0.05) is 17.5 Å². The molecule has 1 atom stereocenters. The standard InChI is InChI=1S/C10H7Cl4FO2/c1-5(16)17-9(10(12,13)14)7-4-6(11)2-3-8(7)15/h2-4,9H,1H3. The average Bonchev–Trinajstić information content (AvgIpc) is 2.16. The average molecular weight is 320 g/mol. The zero-order valence-corrected chi connectivity index (χ0v) is 11.5. The second-order valence-corrected chi connectivity index (χ2v) is 6.00. The van der Waals surface area contributed by atoms with Crippen molar-refractivity contribution in [2.75, 3.05) is 0 Å². The molecule has 1 aromatic carbocycles. The van der Waals surface area contributed by atoms with Crippen LogP contribution in [0.25, 0.3) is 0 Å². The molecule has 0 aromatic heterocycles. The van der Waals surface area contributed by atoms with E-state index in [2.05, 4.69) is 0 Å². The quantitative estimate of drug-likeness (QED) is 0.594. The first kappa shape index (κ1) is 14.8. The third-order valence-corrected chi connectivity index (χ3v) is 2.65. The largest absolute Gasteiger partial charge is 0.453 e. The highest BCUT2D eigenvalue weighted by atomic mass is 35.6. The molecule has 94 valence electrons. The van der Waals surface area contributed by atoms with Crippen LogP contribution < -0.4 is 0 Å². The van der Waals surface area contributed by atoms with Crippen LogP contribution in [0.15, 0.2) is 18.2 Å². The predicted molar refractivity (Wildman–Crippen MR) is 66.2 cm³/mol. The number of rotatable bonds is 2. The Labute approximate surface area is 118 Å². The topological polar surface area (TPSA) is 26.3 Å². The van der Waals surface area contributed by atoms with Gasteiger partial charge in [0.05, 0.1) is 0 Å². The van der Waals surface area contributed by atoms with E-state index in [1.807, 2.05) is 0 Å². The first-order valence-electron chi connectivity index (χ1n) is 4.40. The summed E-state index contributed by atoms with van der Waals surface area (Å²) in [5, 5.41) is 0.243. The molecule has 1 rings (SSSR count). The molecule has 0 saturated heterocycles. The van der Waals surface area contributed by atoms with Crippen LogP contribution in [0.1, 0.15) is 18.6 Å². The van der Waals surface area contributed by atoms with Gasteiger partial charge in [-0.25, -0.2) is 4.39 Å². The number of carbonyl (C=O) groups excluding carboxylic acids is 1. The first-order valence-corrected chi connectivity index (χ1v) is 5.92. The van der Waals surface area contributed by atoms with Crippen LogP contribution >= 0.6 is 46.4 Å². The molecule has 0 aliphatic rings. The van der Waals surface area contributed by atoms with Gasteiger partial charge in [0.1, 0.15) is 5.82 Å². The number of halogens is 5. The lowest BCUT2D eigenvalue weighted by atomic mass is 10.1. The van der Waals surface area contributed by atoms with Crippen LogP contribution in [0.2, 0.25) is 5.02 Å². The summed E-state index contributed by atoms with van der Waals surface area (Å²) in [7, 11) is 0. The molecule has 0 fully saturated rings. The molecule has 0 amide bonds. The molecular weight excluding hydrogens is 313 g/mol. The number of carbonyl (C=O) groups is 1. The summed E-state index contributed by atoms with van der Waals surface area (Å²) in [6, 6.07) is 3.68. The number of benzene rings is 1. The number of hydrogen-bond donors (Lipinski definition) is 0. The van der Waals surface area contributed by atoms with Crippen molar-refractivity contribution in [3.63, 3.8) is 0 Å². The fourth-order valence-corrected chi connectivity index (χ4v) is 1.85. The normalized spacial score (nSPS) is 13.3. The van der Waals surface area contributed by atoms with Gasteiger partial charge in [-0.15, -0.1) is 0 Å². The van der Waals surface area contributed by atoms with Gasteiger partial charge < -0.3 is 4.74 Å². The van der Waals surface area contributed by atoms with Gasteiger partial charge in [0.15, 0.2) is 6.10 Å². The van der Waals surface area contributed by atoms with Gasteiger partial charge in [0.25, 0.3) is 0 Å². The summed E-state index contributed by atoms with van der Waals surface area (Å²) in [5.41, 5.74) is -0.0901. The molecule has 0 heterocycles. The van der Waals surface area contributed by atoms with Crippen molar-refractivity contribution in [1.82, 2.24) is 0 Å². The van der Waals surface area contributed by atoms with E-state index in [0.29, 0.717) is 0 Å². The van der Waals surface area contributed by atoms with Gasteiger partial charge >= 0.3 is 5.97 Å². The molecule has 1 unspecified atom stereocenters. The van der Waals surface area contributed by atoms with Crippen LogP contribution in [0.5, 0.6) is 0 Å².